The van der Waals surface area contributed by atoms with Crippen LogP contribution in [0.2, 0.25) is 0 Å². The van der Waals surface area contributed by atoms with Gasteiger partial charge in [0.2, 0.25) is 6.10 Å². The number of hydrogen-bond donors (Lipinski definition) is 6. The molecule has 0 unspecified atom stereocenters. The first-order valence-corrected chi connectivity index (χ1v) is 11.7. The Bertz CT molecular complexity index is 1510. The molecule has 0 saturated heterocycles. The molecule has 6 N–H and O–H groups in total. The van der Waals surface area contributed by atoms with Crippen molar-refractivity contribution in [1.29, 1.82) is 0 Å². The molecular formula is C28H24O12. The molecule has 0 saturated carbocycles. The van der Waals surface area contributed by atoms with E-state index in [1.54, 1.807) is 0 Å². The molecule has 3 aromatic rings. The molecule has 0 spiro atoms. The van der Waals surface area contributed by atoms with Crippen LogP contribution in [0.3, 0.4) is 0 Å². The number of phenolic OH excluding ortho intramolecular Hbond substituents is 5. The topological polar surface area (TPSA) is 200 Å². The molecule has 1 aliphatic heterocycles. The molecule has 3 atom stereocenters. The van der Waals surface area contributed by atoms with E-state index in [-0.39, 0.29) is 34.8 Å². The minimum atomic E-state index is -1.62. The predicted octanol–water partition coefficient (Wildman–Crippen LogP) is 2.86. The van der Waals surface area contributed by atoms with Crippen molar-refractivity contribution in [2.75, 3.05) is 7.11 Å². The SMILES string of the molecule is COC(=O)[C@H]1c2c(C=CC(=O)O[C@@H](Cc3ccc(O)c(O)c3)C(=O)O)ccc(O)c2O[C@H]1c1ccc(O)c(O)c1. The third kappa shape index (κ3) is 5.55. The van der Waals surface area contributed by atoms with E-state index in [0.717, 1.165) is 19.3 Å². The molecule has 40 heavy (non-hydrogen) atoms. The van der Waals surface area contributed by atoms with Gasteiger partial charge in [-0.25, -0.2) is 9.59 Å². The van der Waals surface area contributed by atoms with E-state index in [2.05, 4.69) is 0 Å². The Morgan fingerprint density at radius 3 is 2.17 bits per heavy atom. The second kappa shape index (κ2) is 11.2. The van der Waals surface area contributed by atoms with E-state index in [0.29, 0.717) is 11.1 Å². The Labute approximate surface area is 226 Å². The summed E-state index contributed by atoms with van der Waals surface area (Å²) in [5.41, 5.74) is 1.00. The van der Waals surface area contributed by atoms with Gasteiger partial charge in [-0.15, -0.1) is 0 Å². The molecule has 12 nitrogen and oxygen atoms in total. The van der Waals surface area contributed by atoms with Gasteiger partial charge in [0.1, 0.15) is 12.0 Å². The average Bonchev–Trinajstić information content (AvgIpc) is 3.33. The largest absolute Gasteiger partial charge is 0.504 e. The van der Waals surface area contributed by atoms with Gasteiger partial charge >= 0.3 is 17.9 Å². The summed E-state index contributed by atoms with van der Waals surface area (Å²) >= 11 is 0. The van der Waals surface area contributed by atoms with Gasteiger partial charge in [0.25, 0.3) is 0 Å². The standard InChI is InChI=1S/C28H24O12/c1-38-28(37)24-23-14(3-8-18(31)26(23)40-25(24)15-4-7-17(30)20(33)12-15)5-9-22(34)39-21(27(35)36)11-13-2-6-16(29)19(32)10-13/h2-10,12,21,24-25,29-33H,11H2,1H3,(H,35,36)/t21-,24-,25-/m0/s1. The lowest BCUT2D eigenvalue weighted by Crippen LogP contribution is -2.28. The van der Waals surface area contributed by atoms with Crippen molar-refractivity contribution in [1.82, 2.24) is 0 Å². The summed E-state index contributed by atoms with van der Waals surface area (Å²) in [4.78, 5) is 37.1. The number of carboxylic acid groups (broad SMARTS) is 1. The quantitative estimate of drug-likeness (QED) is 0.136. The van der Waals surface area contributed by atoms with Crippen molar-refractivity contribution in [2.45, 2.75) is 24.5 Å². The third-order valence-corrected chi connectivity index (χ3v) is 6.24. The Morgan fingerprint density at radius 2 is 1.55 bits per heavy atom. The number of aliphatic carboxylic acids is 1. The van der Waals surface area contributed by atoms with Crippen LogP contribution in [0.1, 0.15) is 34.3 Å². The van der Waals surface area contributed by atoms with E-state index in [4.69, 9.17) is 14.2 Å². The highest BCUT2D eigenvalue weighted by molar-refractivity contribution is 5.91. The highest BCUT2D eigenvalue weighted by Gasteiger charge is 2.44. The van der Waals surface area contributed by atoms with Gasteiger partial charge in [-0.1, -0.05) is 18.2 Å². The predicted molar refractivity (Wildman–Crippen MR) is 136 cm³/mol. The number of rotatable bonds is 8. The van der Waals surface area contributed by atoms with E-state index in [9.17, 15) is 45.0 Å². The second-order valence-corrected chi connectivity index (χ2v) is 8.83. The minimum absolute atomic E-state index is 0.0703. The zero-order chi connectivity index (χ0) is 29.1. The van der Waals surface area contributed by atoms with E-state index >= 15 is 0 Å². The first kappa shape index (κ1) is 27.6. The summed E-state index contributed by atoms with van der Waals surface area (Å²) in [5.74, 6) is -6.46. The van der Waals surface area contributed by atoms with Gasteiger partial charge in [-0.2, -0.15) is 0 Å². The number of carboxylic acids is 1. The van der Waals surface area contributed by atoms with Gasteiger partial charge in [0, 0.05) is 18.1 Å². The third-order valence-electron chi connectivity index (χ3n) is 6.24. The van der Waals surface area contributed by atoms with Crippen molar-refractivity contribution in [3.63, 3.8) is 0 Å². The molecular weight excluding hydrogens is 528 g/mol. The summed E-state index contributed by atoms with van der Waals surface area (Å²) < 4.78 is 15.9. The maximum Gasteiger partial charge on any atom is 0.345 e. The van der Waals surface area contributed by atoms with Crippen LogP contribution < -0.4 is 4.74 Å². The summed E-state index contributed by atoms with van der Waals surface area (Å²) in [6.07, 6.45) is -0.798. The normalized spacial score (nSPS) is 16.6. The van der Waals surface area contributed by atoms with E-state index < -0.39 is 53.3 Å². The highest BCUT2D eigenvalue weighted by atomic mass is 16.6. The lowest BCUT2D eigenvalue weighted by atomic mass is 9.87. The average molecular weight is 552 g/mol. The summed E-state index contributed by atoms with van der Waals surface area (Å²) in [6.45, 7) is 0. The monoisotopic (exact) mass is 552 g/mol. The number of hydrogen-bond acceptors (Lipinski definition) is 11. The van der Waals surface area contributed by atoms with Crippen LogP contribution in [-0.4, -0.2) is 61.8 Å². The highest BCUT2D eigenvalue weighted by Crippen LogP contribution is 2.52. The number of fused-ring (bicyclic) bond motifs is 1. The smallest absolute Gasteiger partial charge is 0.345 e. The molecule has 3 aromatic carbocycles. The fraction of sp³-hybridized carbons (Fsp3) is 0.179. The lowest BCUT2D eigenvalue weighted by Gasteiger charge is -2.18. The Morgan fingerprint density at radius 1 is 0.900 bits per heavy atom. The van der Waals surface area contributed by atoms with Crippen molar-refractivity contribution in [3.8, 4) is 34.5 Å². The number of esters is 2. The first-order valence-electron chi connectivity index (χ1n) is 11.7. The van der Waals surface area contributed by atoms with Crippen molar-refractivity contribution < 1.29 is 59.2 Å². The molecule has 0 amide bonds. The number of methoxy groups -OCH3 is 1. The Hall–Kier alpha value is -5.39. The van der Waals surface area contributed by atoms with Gasteiger partial charge in [-0.3, -0.25) is 4.79 Å². The van der Waals surface area contributed by atoms with Crippen molar-refractivity contribution >= 4 is 24.0 Å². The number of phenols is 5. The van der Waals surface area contributed by atoms with Gasteiger partial charge in [-0.05, 0) is 53.1 Å². The Balaban J connectivity index is 1.61. The molecule has 0 aliphatic carbocycles. The molecule has 4 rings (SSSR count). The molecule has 0 fully saturated rings. The molecule has 208 valence electrons. The maximum atomic E-state index is 12.8. The molecule has 12 heteroatoms. The molecule has 1 aliphatic rings. The summed E-state index contributed by atoms with van der Waals surface area (Å²) in [7, 11) is 1.15. The van der Waals surface area contributed by atoms with Crippen LogP contribution in [0.5, 0.6) is 34.5 Å². The van der Waals surface area contributed by atoms with Crippen LogP contribution in [0, 0.1) is 0 Å². The van der Waals surface area contributed by atoms with Crippen LogP contribution in [0.4, 0.5) is 0 Å². The van der Waals surface area contributed by atoms with Crippen LogP contribution >= 0.6 is 0 Å². The molecule has 0 aromatic heterocycles. The minimum Gasteiger partial charge on any atom is -0.504 e. The maximum absolute atomic E-state index is 12.8. The van der Waals surface area contributed by atoms with Crippen LogP contribution in [0.25, 0.3) is 6.08 Å². The fourth-order valence-corrected chi connectivity index (χ4v) is 4.31. The van der Waals surface area contributed by atoms with E-state index in [1.165, 1.54) is 48.5 Å². The number of aromatic hydroxyl groups is 5. The number of carbonyl (C=O) groups is 3. The van der Waals surface area contributed by atoms with Gasteiger partial charge in [0.05, 0.1) is 7.11 Å². The van der Waals surface area contributed by atoms with Crippen molar-refractivity contribution in [3.05, 3.63) is 76.9 Å². The van der Waals surface area contributed by atoms with Crippen molar-refractivity contribution in [2.24, 2.45) is 0 Å². The zero-order valence-electron chi connectivity index (χ0n) is 20.8. The fourth-order valence-electron chi connectivity index (χ4n) is 4.31. The van der Waals surface area contributed by atoms with Gasteiger partial charge in [0.15, 0.2) is 34.5 Å². The van der Waals surface area contributed by atoms with Crippen LogP contribution in [-0.2, 0) is 30.3 Å². The van der Waals surface area contributed by atoms with E-state index in [1.807, 2.05) is 0 Å². The van der Waals surface area contributed by atoms with Gasteiger partial charge < -0.3 is 44.8 Å². The number of carbonyl (C=O) groups excluding carboxylic acids is 2. The molecule has 0 bridgehead atoms. The number of benzene rings is 3. The van der Waals surface area contributed by atoms with Crippen LogP contribution in [0.15, 0.2) is 54.6 Å². The summed E-state index contributed by atoms with van der Waals surface area (Å²) in [5, 5.41) is 58.6. The molecule has 1 heterocycles. The lowest BCUT2D eigenvalue weighted by molar-refractivity contribution is -0.160. The zero-order valence-corrected chi connectivity index (χ0v) is 20.8. The first-order chi connectivity index (χ1) is 19.0. The second-order valence-electron chi connectivity index (χ2n) is 8.83. The Kier molecular flexibility index (Phi) is 7.71. The number of ether oxygens (including phenoxy) is 3. The summed E-state index contributed by atoms with van der Waals surface area (Å²) in [6, 6.07) is 10.2. The molecule has 0 radical (unpaired) electrons.